The van der Waals surface area contributed by atoms with E-state index in [0.717, 1.165) is 38.9 Å². The van der Waals surface area contributed by atoms with Gasteiger partial charge in [0.2, 0.25) is 5.91 Å². The first kappa shape index (κ1) is 21.4. The first-order valence-electron chi connectivity index (χ1n) is 12.1. The summed E-state index contributed by atoms with van der Waals surface area (Å²) in [6.07, 6.45) is 0. The minimum absolute atomic E-state index is 0.126. The summed E-state index contributed by atoms with van der Waals surface area (Å²) in [5, 5.41) is 3.33. The normalized spacial score (nSPS) is 16.3. The van der Waals surface area contributed by atoms with Crippen LogP contribution < -0.4 is 5.32 Å². The van der Waals surface area contributed by atoms with Crippen molar-refractivity contribution in [3.8, 4) is 22.3 Å². The second kappa shape index (κ2) is 8.24. The molecule has 0 saturated carbocycles. The molecule has 1 heterocycles. The summed E-state index contributed by atoms with van der Waals surface area (Å²) in [5.41, 5.74) is 7.69. The highest BCUT2D eigenvalue weighted by atomic mass is 16.2. The van der Waals surface area contributed by atoms with Gasteiger partial charge in [-0.3, -0.25) is 9.59 Å². The third kappa shape index (κ3) is 3.28. The molecule has 4 aromatic rings. The maximum absolute atomic E-state index is 14.2. The Kier molecular flexibility index (Phi) is 5.03. The quantitative estimate of drug-likeness (QED) is 0.401. The highest BCUT2D eigenvalue weighted by Gasteiger charge is 2.40. The van der Waals surface area contributed by atoms with Gasteiger partial charge in [0.05, 0.1) is 6.04 Å². The first-order valence-corrected chi connectivity index (χ1v) is 12.1. The molecule has 4 heteroatoms. The lowest BCUT2D eigenvalue weighted by atomic mass is 9.93. The van der Waals surface area contributed by atoms with Crippen molar-refractivity contribution in [1.82, 2.24) is 10.2 Å². The molecule has 0 aromatic heterocycles. The Hall–Kier alpha value is -4.18. The van der Waals surface area contributed by atoms with Crippen molar-refractivity contribution in [2.75, 3.05) is 0 Å². The highest BCUT2D eigenvalue weighted by molar-refractivity contribution is 6.06. The number of rotatable bonds is 3. The molecule has 1 aliphatic heterocycles. The Bertz CT molecular complexity index is 1430. The van der Waals surface area contributed by atoms with Gasteiger partial charge in [-0.05, 0) is 58.9 Å². The fourth-order valence-corrected chi connectivity index (χ4v) is 5.62. The SMILES string of the molecule is CC(C)N1C(=O)c2ccccc2-c2ccccc2C1C(=O)NC1c2ccccc2-c2ccccc21. The van der Waals surface area contributed by atoms with Gasteiger partial charge in [0.25, 0.3) is 5.91 Å². The largest absolute Gasteiger partial charge is 0.343 e. The molecule has 4 nitrogen and oxygen atoms in total. The predicted molar refractivity (Wildman–Crippen MR) is 138 cm³/mol. The molecule has 1 atom stereocenters. The van der Waals surface area contributed by atoms with Crippen molar-refractivity contribution in [3.63, 3.8) is 0 Å². The lowest BCUT2D eigenvalue weighted by molar-refractivity contribution is -0.127. The lowest BCUT2D eigenvalue weighted by Gasteiger charge is -2.34. The van der Waals surface area contributed by atoms with Crippen LogP contribution in [-0.4, -0.2) is 22.8 Å². The van der Waals surface area contributed by atoms with Crippen LogP contribution in [0.4, 0.5) is 0 Å². The molecule has 1 N–H and O–H groups in total. The smallest absolute Gasteiger partial charge is 0.255 e. The number of amides is 2. The number of nitrogens with one attached hydrogen (secondary N) is 1. The zero-order valence-corrected chi connectivity index (χ0v) is 19.7. The second-order valence-corrected chi connectivity index (χ2v) is 9.46. The van der Waals surface area contributed by atoms with Crippen molar-refractivity contribution in [1.29, 1.82) is 0 Å². The summed E-state index contributed by atoms with van der Waals surface area (Å²) in [5.74, 6) is -0.303. The van der Waals surface area contributed by atoms with Crippen LogP contribution in [0.1, 0.15) is 53.0 Å². The van der Waals surface area contributed by atoms with Crippen LogP contribution in [0.5, 0.6) is 0 Å². The lowest BCUT2D eigenvalue weighted by Crippen LogP contribution is -2.47. The zero-order valence-electron chi connectivity index (χ0n) is 19.7. The number of hydrogen-bond acceptors (Lipinski definition) is 2. The maximum Gasteiger partial charge on any atom is 0.255 e. The molecule has 0 spiro atoms. The third-order valence-corrected chi connectivity index (χ3v) is 7.14. The highest BCUT2D eigenvalue weighted by Crippen LogP contribution is 2.44. The number of carbonyl (C=O) groups is 2. The van der Waals surface area contributed by atoms with Gasteiger partial charge >= 0.3 is 0 Å². The first-order chi connectivity index (χ1) is 17.1. The molecule has 2 aliphatic rings. The van der Waals surface area contributed by atoms with E-state index in [1.165, 1.54) is 0 Å². The average Bonchev–Trinajstić information content (AvgIpc) is 3.14. The average molecular weight is 459 g/mol. The summed E-state index contributed by atoms with van der Waals surface area (Å²) in [7, 11) is 0. The molecule has 0 bridgehead atoms. The summed E-state index contributed by atoms with van der Waals surface area (Å²) >= 11 is 0. The van der Waals surface area contributed by atoms with E-state index in [9.17, 15) is 9.59 Å². The Labute approximate surface area is 205 Å². The predicted octanol–water partition coefficient (Wildman–Crippen LogP) is 6.15. The Morgan fingerprint density at radius 2 is 1.09 bits per heavy atom. The summed E-state index contributed by atoms with van der Waals surface area (Å²) < 4.78 is 0. The van der Waals surface area contributed by atoms with E-state index >= 15 is 0 Å². The minimum Gasteiger partial charge on any atom is -0.343 e. The molecular weight excluding hydrogens is 432 g/mol. The van der Waals surface area contributed by atoms with Crippen molar-refractivity contribution in [3.05, 3.63) is 119 Å². The molecular formula is C31H26N2O2. The third-order valence-electron chi connectivity index (χ3n) is 7.14. The van der Waals surface area contributed by atoms with Crippen molar-refractivity contribution >= 4 is 11.8 Å². The van der Waals surface area contributed by atoms with E-state index in [1.807, 2.05) is 86.6 Å². The molecule has 4 aromatic carbocycles. The molecule has 0 radical (unpaired) electrons. The summed E-state index contributed by atoms with van der Waals surface area (Å²) in [6, 6.07) is 30.7. The van der Waals surface area contributed by atoms with Gasteiger partial charge in [-0.25, -0.2) is 0 Å². The molecule has 6 rings (SSSR count). The van der Waals surface area contributed by atoms with Crippen molar-refractivity contribution < 1.29 is 9.59 Å². The molecule has 0 saturated heterocycles. The van der Waals surface area contributed by atoms with E-state index in [2.05, 4.69) is 29.6 Å². The summed E-state index contributed by atoms with van der Waals surface area (Å²) in [6.45, 7) is 3.93. The molecule has 1 unspecified atom stereocenters. The number of carbonyl (C=O) groups excluding carboxylic acids is 2. The van der Waals surface area contributed by atoms with E-state index in [4.69, 9.17) is 0 Å². The van der Waals surface area contributed by atoms with Gasteiger partial charge in [-0.1, -0.05) is 91.0 Å². The van der Waals surface area contributed by atoms with E-state index in [-0.39, 0.29) is 23.9 Å². The fourth-order valence-electron chi connectivity index (χ4n) is 5.62. The van der Waals surface area contributed by atoms with Crippen LogP contribution in [0.15, 0.2) is 97.1 Å². The molecule has 2 amide bonds. The molecule has 1 aliphatic carbocycles. The number of hydrogen-bond donors (Lipinski definition) is 1. The Morgan fingerprint density at radius 1 is 0.657 bits per heavy atom. The van der Waals surface area contributed by atoms with Crippen LogP contribution in [0, 0.1) is 0 Å². The van der Waals surface area contributed by atoms with Gasteiger partial charge in [0.1, 0.15) is 6.04 Å². The molecule has 172 valence electrons. The van der Waals surface area contributed by atoms with E-state index in [1.54, 1.807) is 4.90 Å². The van der Waals surface area contributed by atoms with Crippen LogP contribution in [0.25, 0.3) is 22.3 Å². The van der Waals surface area contributed by atoms with Crippen LogP contribution in [0.3, 0.4) is 0 Å². The van der Waals surface area contributed by atoms with Gasteiger partial charge < -0.3 is 10.2 Å². The van der Waals surface area contributed by atoms with Crippen LogP contribution in [-0.2, 0) is 4.79 Å². The number of fused-ring (bicyclic) bond motifs is 6. The standard InChI is InChI=1S/C31H26N2O2/c1-19(2)33-29(26-17-9-5-13-22(26)23-14-6-10-18-27(23)31(33)35)30(34)32-28-24-15-7-3-11-20(24)21-12-4-8-16-25(21)28/h3-19,28-29H,1-2H3,(H,32,34). The van der Waals surface area contributed by atoms with Gasteiger partial charge in [0, 0.05) is 11.6 Å². The van der Waals surface area contributed by atoms with Crippen LogP contribution >= 0.6 is 0 Å². The van der Waals surface area contributed by atoms with E-state index < -0.39 is 6.04 Å². The Balaban J connectivity index is 1.48. The maximum atomic E-state index is 14.2. The minimum atomic E-state index is -0.744. The summed E-state index contributed by atoms with van der Waals surface area (Å²) in [4.78, 5) is 29.8. The topological polar surface area (TPSA) is 49.4 Å². The molecule has 0 fully saturated rings. The number of benzene rings is 4. The van der Waals surface area contributed by atoms with Crippen molar-refractivity contribution in [2.45, 2.75) is 32.0 Å². The fraction of sp³-hybridized carbons (Fsp3) is 0.161. The van der Waals surface area contributed by atoms with Crippen molar-refractivity contribution in [2.24, 2.45) is 0 Å². The van der Waals surface area contributed by atoms with Crippen LogP contribution in [0.2, 0.25) is 0 Å². The number of nitrogens with zero attached hydrogens (tertiary/aromatic N) is 1. The van der Waals surface area contributed by atoms with Gasteiger partial charge in [-0.15, -0.1) is 0 Å². The van der Waals surface area contributed by atoms with Gasteiger partial charge in [0.15, 0.2) is 0 Å². The second-order valence-electron chi connectivity index (χ2n) is 9.46. The Morgan fingerprint density at radius 3 is 1.63 bits per heavy atom. The van der Waals surface area contributed by atoms with E-state index in [0.29, 0.717) is 5.56 Å². The monoisotopic (exact) mass is 458 g/mol. The zero-order chi connectivity index (χ0) is 24.1. The van der Waals surface area contributed by atoms with Gasteiger partial charge in [-0.2, -0.15) is 0 Å². The molecule has 35 heavy (non-hydrogen) atoms.